The molecular formula is C34H34FN3O6S. The van der Waals surface area contributed by atoms with Gasteiger partial charge in [-0.15, -0.1) is 6.58 Å². The number of hydrogen-bond donors (Lipinski definition) is 3. The van der Waals surface area contributed by atoms with Crippen molar-refractivity contribution < 1.29 is 31.6 Å². The molecule has 1 heterocycles. The number of nitrogens with one attached hydrogen (secondary N) is 3. The molecule has 234 valence electrons. The topological polar surface area (TPSA) is 135 Å². The molecule has 1 aromatic heterocycles. The summed E-state index contributed by atoms with van der Waals surface area (Å²) in [7, 11) is -2.28. The van der Waals surface area contributed by atoms with Gasteiger partial charge in [-0.2, -0.15) is 0 Å². The Bertz CT molecular complexity index is 1910. The average Bonchev–Trinajstić information content (AvgIpc) is 3.98. The van der Waals surface area contributed by atoms with Gasteiger partial charge in [0.05, 0.1) is 10.8 Å². The van der Waals surface area contributed by atoms with E-state index in [2.05, 4.69) is 21.9 Å². The van der Waals surface area contributed by atoms with E-state index in [0.717, 1.165) is 0 Å². The predicted molar refractivity (Wildman–Crippen MR) is 170 cm³/mol. The lowest BCUT2D eigenvalue weighted by atomic mass is 9.98. The van der Waals surface area contributed by atoms with E-state index in [1.807, 2.05) is 13.8 Å². The average molecular weight is 632 g/mol. The number of carbonyl (C=O) groups excluding carboxylic acids is 3. The second-order valence-electron chi connectivity index (χ2n) is 10.8. The van der Waals surface area contributed by atoms with Crippen molar-refractivity contribution in [2.45, 2.75) is 43.9 Å². The molecule has 2 fully saturated rings. The highest BCUT2D eigenvalue weighted by Crippen LogP contribution is 2.45. The summed E-state index contributed by atoms with van der Waals surface area (Å²) in [6.07, 6.45) is 2.78. The third kappa shape index (κ3) is 6.12. The number of furan rings is 1. The van der Waals surface area contributed by atoms with Crippen LogP contribution in [0.3, 0.4) is 0 Å². The van der Waals surface area contributed by atoms with Crippen LogP contribution >= 0.6 is 0 Å². The van der Waals surface area contributed by atoms with Gasteiger partial charge in [-0.3, -0.25) is 19.1 Å². The van der Waals surface area contributed by atoms with Crippen molar-refractivity contribution in [2.75, 3.05) is 7.05 Å². The number of amides is 3. The van der Waals surface area contributed by atoms with E-state index < -0.39 is 44.4 Å². The Morgan fingerprint density at radius 2 is 1.62 bits per heavy atom. The molecule has 11 heteroatoms. The second-order valence-corrected chi connectivity index (χ2v) is 12.8. The van der Waals surface area contributed by atoms with E-state index in [1.54, 1.807) is 42.5 Å². The number of sulfonamides is 1. The molecule has 0 spiro atoms. The molecule has 2 aliphatic carbocycles. The molecule has 3 N–H and O–H groups in total. The Kier molecular flexibility index (Phi) is 8.66. The van der Waals surface area contributed by atoms with Gasteiger partial charge in [0, 0.05) is 29.5 Å². The van der Waals surface area contributed by atoms with E-state index in [4.69, 9.17) is 4.42 Å². The Morgan fingerprint density at radius 1 is 0.956 bits per heavy atom. The van der Waals surface area contributed by atoms with Crippen LogP contribution in [0.1, 0.15) is 53.8 Å². The Labute approximate surface area is 260 Å². The van der Waals surface area contributed by atoms with Gasteiger partial charge >= 0.3 is 0 Å². The predicted octanol–water partition coefficient (Wildman–Crippen LogP) is 5.57. The molecule has 0 unspecified atom stereocenters. The summed E-state index contributed by atoms with van der Waals surface area (Å²) >= 11 is 0. The minimum absolute atomic E-state index is 0.240. The fraction of sp³-hybridized carbons (Fsp3) is 0.265. The van der Waals surface area contributed by atoms with Crippen LogP contribution in [0, 0.1) is 11.7 Å². The molecule has 0 bridgehead atoms. The minimum Gasteiger partial charge on any atom is -0.455 e. The number of benzene rings is 3. The summed E-state index contributed by atoms with van der Waals surface area (Å²) in [5, 5.41) is 5.33. The Balaban J connectivity index is 0.00000196. The van der Waals surface area contributed by atoms with Gasteiger partial charge in [0.1, 0.15) is 22.7 Å². The molecule has 0 saturated heterocycles. The highest BCUT2D eigenvalue weighted by Gasteiger charge is 2.61. The molecule has 9 nitrogen and oxygen atoms in total. The number of halogens is 1. The first kappa shape index (κ1) is 31.6. The number of rotatable bonds is 9. The molecule has 0 aliphatic heterocycles. The molecule has 6 rings (SSSR count). The van der Waals surface area contributed by atoms with Gasteiger partial charge in [-0.05, 0) is 78.9 Å². The standard InChI is InChI=1S/C32H28FN3O6S.C2H6/c1-3-22-17-32(22,31(39)36-43(40,41)24-12-13-24)35-29(37)21-6-4-5-19(15-21)20-9-14-26-25(16-20)27(30(38)34-2)28(42-26)18-7-10-23(33)11-8-18;1-2/h3-11,14-16,22,24H,1,12-13,17H2,2H3,(H,34,38)(H,35,37)(H,36,39);1-2H3/t22-,32-;/m1./s1. The first-order valence-corrected chi connectivity index (χ1v) is 16.3. The molecular weight excluding hydrogens is 597 g/mol. The number of hydrogen-bond acceptors (Lipinski definition) is 6. The van der Waals surface area contributed by atoms with Crippen molar-refractivity contribution in [1.82, 2.24) is 15.4 Å². The van der Waals surface area contributed by atoms with Crippen molar-refractivity contribution in [2.24, 2.45) is 5.92 Å². The van der Waals surface area contributed by atoms with E-state index >= 15 is 0 Å². The Hall–Kier alpha value is -4.77. The molecule has 3 aromatic carbocycles. The SMILES string of the molecule is C=C[C@@H]1C[C@]1(NC(=O)c1cccc(-c2ccc3oc(-c4ccc(F)cc4)c(C(=O)NC)c3c2)c1)C(=O)NS(=O)(=O)C1CC1.CC. The lowest BCUT2D eigenvalue weighted by Gasteiger charge is -2.19. The molecule has 45 heavy (non-hydrogen) atoms. The number of carbonyl (C=O) groups is 3. The minimum atomic E-state index is -3.79. The van der Waals surface area contributed by atoms with Crippen LogP contribution in [-0.2, 0) is 14.8 Å². The van der Waals surface area contributed by atoms with Crippen molar-refractivity contribution in [3.63, 3.8) is 0 Å². The zero-order valence-electron chi connectivity index (χ0n) is 25.1. The molecule has 2 aliphatic rings. The highest BCUT2D eigenvalue weighted by atomic mass is 32.2. The lowest BCUT2D eigenvalue weighted by molar-refractivity contribution is -0.122. The second kappa shape index (κ2) is 12.3. The molecule has 2 atom stereocenters. The van der Waals surface area contributed by atoms with Crippen LogP contribution in [-0.4, -0.2) is 44.0 Å². The normalized spacial score (nSPS) is 18.7. The van der Waals surface area contributed by atoms with Gasteiger partial charge in [0.2, 0.25) is 10.0 Å². The van der Waals surface area contributed by atoms with Crippen LogP contribution in [0.4, 0.5) is 4.39 Å². The maximum absolute atomic E-state index is 13.5. The van der Waals surface area contributed by atoms with Crippen molar-refractivity contribution in [3.05, 3.63) is 96.3 Å². The molecule has 2 saturated carbocycles. The first-order chi connectivity index (χ1) is 21.6. The van der Waals surface area contributed by atoms with Crippen LogP contribution in [0.2, 0.25) is 0 Å². The van der Waals surface area contributed by atoms with E-state index in [0.29, 0.717) is 46.3 Å². The first-order valence-electron chi connectivity index (χ1n) is 14.7. The highest BCUT2D eigenvalue weighted by molar-refractivity contribution is 7.91. The van der Waals surface area contributed by atoms with Gasteiger partial charge in [0.25, 0.3) is 17.7 Å². The number of fused-ring (bicyclic) bond motifs is 1. The summed E-state index contributed by atoms with van der Waals surface area (Å²) in [4.78, 5) is 39.4. The summed E-state index contributed by atoms with van der Waals surface area (Å²) in [5.41, 5.74) is 1.50. The van der Waals surface area contributed by atoms with Crippen molar-refractivity contribution >= 4 is 38.7 Å². The van der Waals surface area contributed by atoms with Gasteiger partial charge < -0.3 is 15.1 Å². The zero-order valence-corrected chi connectivity index (χ0v) is 26.0. The van der Waals surface area contributed by atoms with Gasteiger partial charge in [-0.1, -0.05) is 38.1 Å². The van der Waals surface area contributed by atoms with Crippen molar-refractivity contribution in [3.8, 4) is 22.5 Å². The maximum atomic E-state index is 13.5. The summed E-state index contributed by atoms with van der Waals surface area (Å²) in [6, 6.07) is 17.7. The molecule has 0 radical (unpaired) electrons. The Morgan fingerprint density at radius 3 is 2.24 bits per heavy atom. The fourth-order valence-corrected chi connectivity index (χ4v) is 6.63. The van der Waals surface area contributed by atoms with E-state index in [1.165, 1.54) is 37.4 Å². The van der Waals surface area contributed by atoms with Crippen molar-refractivity contribution in [1.29, 1.82) is 0 Å². The van der Waals surface area contributed by atoms with Crippen LogP contribution in [0.15, 0.2) is 83.8 Å². The van der Waals surface area contributed by atoms with E-state index in [9.17, 15) is 27.2 Å². The van der Waals surface area contributed by atoms with Gasteiger partial charge in [-0.25, -0.2) is 12.8 Å². The molecule has 4 aromatic rings. The van der Waals surface area contributed by atoms with Crippen LogP contribution < -0.4 is 15.4 Å². The van der Waals surface area contributed by atoms with Gasteiger partial charge in [0.15, 0.2) is 0 Å². The summed E-state index contributed by atoms with van der Waals surface area (Å²) in [5.74, 6) is -2.21. The quantitative estimate of drug-likeness (QED) is 0.207. The fourth-order valence-electron chi connectivity index (χ4n) is 5.26. The monoisotopic (exact) mass is 631 g/mol. The van der Waals surface area contributed by atoms with E-state index in [-0.39, 0.29) is 23.5 Å². The smallest absolute Gasteiger partial charge is 0.259 e. The third-order valence-electron chi connectivity index (χ3n) is 7.95. The largest absolute Gasteiger partial charge is 0.455 e. The van der Waals surface area contributed by atoms with Crippen LogP contribution in [0.25, 0.3) is 33.4 Å². The molecule has 3 amide bonds. The zero-order chi connectivity index (χ0) is 32.5. The maximum Gasteiger partial charge on any atom is 0.259 e. The summed E-state index contributed by atoms with van der Waals surface area (Å²) in [6.45, 7) is 7.72. The van der Waals surface area contributed by atoms with Crippen LogP contribution in [0.5, 0.6) is 0 Å². The lowest BCUT2D eigenvalue weighted by Crippen LogP contribution is -2.52. The summed E-state index contributed by atoms with van der Waals surface area (Å²) < 4.78 is 46.5. The third-order valence-corrected chi connectivity index (χ3v) is 9.76.